The van der Waals surface area contributed by atoms with Crippen LogP contribution >= 0.6 is 0 Å². The number of aromatic nitrogens is 2. The molecule has 1 aliphatic carbocycles. The first-order chi connectivity index (χ1) is 17.2. The van der Waals surface area contributed by atoms with Crippen molar-refractivity contribution in [2.24, 2.45) is 0 Å². The second-order valence-corrected chi connectivity index (χ2v) is 9.49. The van der Waals surface area contributed by atoms with Crippen LogP contribution in [0, 0.1) is 0 Å². The van der Waals surface area contributed by atoms with Gasteiger partial charge in [-0.1, -0.05) is 30.3 Å². The molecule has 7 nitrogen and oxygen atoms in total. The Bertz CT molecular complexity index is 1100. The Hall–Kier alpha value is -3.48. The molecule has 1 aliphatic heterocycles. The van der Waals surface area contributed by atoms with E-state index in [4.69, 9.17) is 9.47 Å². The van der Waals surface area contributed by atoms with E-state index in [2.05, 4.69) is 51.3 Å². The number of imidazole rings is 1. The van der Waals surface area contributed by atoms with Gasteiger partial charge in [0.05, 0.1) is 32.0 Å². The molecule has 35 heavy (non-hydrogen) atoms. The second kappa shape index (κ2) is 10.8. The van der Waals surface area contributed by atoms with Gasteiger partial charge in [-0.3, -0.25) is 4.79 Å². The number of carbonyl (C=O) groups excluding carboxylic acids is 1. The molecule has 5 rings (SSSR count). The molecule has 1 aromatic heterocycles. The summed E-state index contributed by atoms with van der Waals surface area (Å²) >= 11 is 0. The quantitative estimate of drug-likeness (QED) is 0.529. The van der Waals surface area contributed by atoms with Crippen LogP contribution in [0.3, 0.4) is 0 Å². The summed E-state index contributed by atoms with van der Waals surface area (Å²) in [6.07, 6.45) is 9.42. The predicted molar refractivity (Wildman–Crippen MR) is 136 cm³/mol. The minimum Gasteiger partial charge on any atom is -0.493 e. The maximum Gasteiger partial charge on any atom is 0.228 e. The average Bonchev–Trinajstić information content (AvgIpc) is 3.59. The number of H-pyrrole nitrogens is 1. The van der Waals surface area contributed by atoms with Gasteiger partial charge >= 0.3 is 0 Å². The highest BCUT2D eigenvalue weighted by molar-refractivity contribution is 5.79. The van der Waals surface area contributed by atoms with Gasteiger partial charge in [-0.15, -0.1) is 0 Å². The summed E-state index contributed by atoms with van der Waals surface area (Å²) in [7, 11) is 1.69. The van der Waals surface area contributed by atoms with E-state index in [9.17, 15) is 4.79 Å². The molecule has 1 saturated heterocycles. The highest BCUT2D eigenvalue weighted by Gasteiger charge is 2.31. The van der Waals surface area contributed by atoms with Gasteiger partial charge in [0.15, 0.2) is 11.5 Å². The van der Waals surface area contributed by atoms with Gasteiger partial charge in [0.25, 0.3) is 0 Å². The highest BCUT2D eigenvalue weighted by atomic mass is 16.5. The number of benzene rings is 2. The van der Waals surface area contributed by atoms with Crippen molar-refractivity contribution in [1.29, 1.82) is 0 Å². The van der Waals surface area contributed by atoms with Crippen LogP contribution in [0.15, 0.2) is 61.1 Å². The fourth-order valence-corrected chi connectivity index (χ4v) is 5.26. The van der Waals surface area contributed by atoms with Crippen LogP contribution in [0.5, 0.6) is 11.5 Å². The van der Waals surface area contributed by atoms with Crippen LogP contribution in [-0.2, 0) is 17.6 Å². The molecule has 1 saturated carbocycles. The molecule has 1 amide bonds. The number of piperazine rings is 1. The van der Waals surface area contributed by atoms with Crippen LogP contribution < -0.4 is 14.4 Å². The van der Waals surface area contributed by atoms with E-state index in [-0.39, 0.29) is 18.1 Å². The molecule has 0 radical (unpaired) electrons. The number of carbonyl (C=O) groups is 1. The van der Waals surface area contributed by atoms with Crippen molar-refractivity contribution in [1.82, 2.24) is 14.9 Å². The third-order valence-electron chi connectivity index (χ3n) is 7.12. The number of nitrogens with zero attached hydrogens (tertiary/aromatic N) is 3. The van der Waals surface area contributed by atoms with E-state index in [1.54, 1.807) is 19.6 Å². The van der Waals surface area contributed by atoms with Crippen molar-refractivity contribution >= 4 is 11.6 Å². The van der Waals surface area contributed by atoms with Crippen molar-refractivity contribution in [3.8, 4) is 11.5 Å². The normalized spacial score (nSPS) is 18.6. The smallest absolute Gasteiger partial charge is 0.228 e. The highest BCUT2D eigenvalue weighted by Crippen LogP contribution is 2.36. The third kappa shape index (κ3) is 5.61. The van der Waals surface area contributed by atoms with E-state index >= 15 is 0 Å². The maximum absolute atomic E-state index is 13.3. The molecule has 2 aliphatic rings. The summed E-state index contributed by atoms with van der Waals surface area (Å²) in [5, 5.41) is 0. The number of methoxy groups -OCH3 is 1. The number of hydrogen-bond acceptors (Lipinski definition) is 5. The van der Waals surface area contributed by atoms with Gasteiger partial charge in [-0.05, 0) is 49.8 Å². The lowest BCUT2D eigenvalue weighted by atomic mass is 10.0. The van der Waals surface area contributed by atoms with Gasteiger partial charge in [0.1, 0.15) is 0 Å². The number of ether oxygens (including phenoxy) is 2. The lowest BCUT2D eigenvalue weighted by Gasteiger charge is -2.43. The standard InChI is InChI=1S/C28H34N4O3/c1-34-26-12-11-23(17-27(26)35-25-9-5-6-10-25)31-13-14-32(28(33)16-22-18-29-20-30-22)24(19-31)15-21-7-3-2-4-8-21/h2-4,7-8,11-12,17-18,20,24-25H,5-6,9-10,13-16,19H2,1H3,(H,29,30)/t24-/m0/s1. The summed E-state index contributed by atoms with van der Waals surface area (Å²) < 4.78 is 11.9. The zero-order valence-corrected chi connectivity index (χ0v) is 20.4. The number of amides is 1. The van der Waals surface area contributed by atoms with Gasteiger partial charge in [-0.25, -0.2) is 4.98 Å². The fourth-order valence-electron chi connectivity index (χ4n) is 5.26. The van der Waals surface area contributed by atoms with Crippen LogP contribution in [0.2, 0.25) is 0 Å². The molecule has 1 atom stereocenters. The number of rotatable bonds is 8. The maximum atomic E-state index is 13.3. The van der Waals surface area contributed by atoms with Crippen molar-refractivity contribution in [2.45, 2.75) is 50.7 Å². The van der Waals surface area contributed by atoms with Gasteiger partial charge in [0.2, 0.25) is 5.91 Å². The van der Waals surface area contributed by atoms with Gasteiger partial charge in [-0.2, -0.15) is 0 Å². The summed E-state index contributed by atoms with van der Waals surface area (Å²) in [6, 6.07) is 16.7. The largest absolute Gasteiger partial charge is 0.493 e. The van der Waals surface area contributed by atoms with Crippen molar-refractivity contribution in [3.05, 3.63) is 72.3 Å². The van der Waals surface area contributed by atoms with Crippen molar-refractivity contribution in [3.63, 3.8) is 0 Å². The lowest BCUT2D eigenvalue weighted by molar-refractivity contribution is -0.133. The molecule has 2 aromatic carbocycles. The Balaban J connectivity index is 1.35. The van der Waals surface area contributed by atoms with E-state index < -0.39 is 0 Å². The molecule has 0 bridgehead atoms. The van der Waals surface area contributed by atoms with Crippen molar-refractivity contribution < 1.29 is 14.3 Å². The summed E-state index contributed by atoms with van der Waals surface area (Å²) in [5.74, 6) is 1.72. The summed E-state index contributed by atoms with van der Waals surface area (Å²) in [4.78, 5) is 24.8. The first kappa shape index (κ1) is 23.3. The van der Waals surface area contributed by atoms with E-state index in [1.165, 1.54) is 18.4 Å². The Labute approximate surface area is 207 Å². The minimum absolute atomic E-state index is 0.0721. The SMILES string of the molecule is COc1ccc(N2CCN(C(=O)Cc3cnc[nH]3)[C@@H](Cc3ccccc3)C2)cc1OC1CCCC1. The zero-order chi connectivity index (χ0) is 24.0. The topological polar surface area (TPSA) is 70.7 Å². The molecular weight excluding hydrogens is 440 g/mol. The number of aromatic amines is 1. The predicted octanol–water partition coefficient (Wildman–Crippen LogP) is 4.24. The zero-order valence-electron chi connectivity index (χ0n) is 20.4. The van der Waals surface area contributed by atoms with Crippen LogP contribution in [-0.4, -0.2) is 59.7 Å². The number of nitrogens with one attached hydrogen (secondary N) is 1. The summed E-state index contributed by atoms with van der Waals surface area (Å²) in [6.45, 7) is 2.21. The molecule has 0 unspecified atom stereocenters. The second-order valence-electron chi connectivity index (χ2n) is 9.49. The van der Waals surface area contributed by atoms with E-state index in [1.807, 2.05) is 17.0 Å². The fraction of sp³-hybridized carbons (Fsp3) is 0.429. The van der Waals surface area contributed by atoms with E-state index in [0.29, 0.717) is 13.0 Å². The molecular formula is C28H34N4O3. The molecule has 184 valence electrons. The Morgan fingerprint density at radius 3 is 2.66 bits per heavy atom. The lowest BCUT2D eigenvalue weighted by Crippen LogP contribution is -2.56. The molecule has 2 heterocycles. The first-order valence-electron chi connectivity index (χ1n) is 12.6. The molecule has 7 heteroatoms. The number of anilines is 1. The van der Waals surface area contributed by atoms with Gasteiger partial charge in [0, 0.05) is 43.3 Å². The molecule has 1 N–H and O–H groups in total. The number of hydrogen-bond donors (Lipinski definition) is 1. The summed E-state index contributed by atoms with van der Waals surface area (Å²) in [5.41, 5.74) is 3.19. The molecule has 2 fully saturated rings. The first-order valence-corrected chi connectivity index (χ1v) is 12.6. The van der Waals surface area contributed by atoms with Crippen LogP contribution in [0.1, 0.15) is 36.9 Å². The molecule has 3 aromatic rings. The van der Waals surface area contributed by atoms with E-state index in [0.717, 1.165) is 55.2 Å². The minimum atomic E-state index is 0.0721. The Kier molecular flexibility index (Phi) is 7.21. The Morgan fingerprint density at radius 2 is 1.91 bits per heavy atom. The van der Waals surface area contributed by atoms with Gasteiger partial charge < -0.3 is 24.3 Å². The van der Waals surface area contributed by atoms with Crippen molar-refractivity contribution in [2.75, 3.05) is 31.6 Å². The average molecular weight is 475 g/mol. The third-order valence-corrected chi connectivity index (χ3v) is 7.12. The van der Waals surface area contributed by atoms with Crippen LogP contribution in [0.25, 0.3) is 0 Å². The molecule has 0 spiro atoms. The van der Waals surface area contributed by atoms with Crippen LogP contribution in [0.4, 0.5) is 5.69 Å². The Morgan fingerprint density at radius 1 is 1.09 bits per heavy atom. The monoisotopic (exact) mass is 474 g/mol.